The molecule has 0 aliphatic heterocycles. The molecule has 88 valence electrons. The summed E-state index contributed by atoms with van der Waals surface area (Å²) in [7, 11) is 1.86. The molecule has 1 rings (SSSR count). The summed E-state index contributed by atoms with van der Waals surface area (Å²) < 4.78 is 0. The van der Waals surface area contributed by atoms with E-state index in [1.807, 2.05) is 19.2 Å². The van der Waals surface area contributed by atoms with E-state index in [9.17, 15) is 4.79 Å². The van der Waals surface area contributed by atoms with Crippen LogP contribution in [-0.2, 0) is 11.3 Å². The van der Waals surface area contributed by atoms with Crippen LogP contribution in [0.15, 0.2) is 24.5 Å². The highest BCUT2D eigenvalue weighted by Gasteiger charge is 2.08. The summed E-state index contributed by atoms with van der Waals surface area (Å²) in [6.07, 6.45) is 7.46. The van der Waals surface area contributed by atoms with E-state index in [2.05, 4.69) is 11.9 Å². The van der Waals surface area contributed by atoms with Crippen LogP contribution in [0.25, 0.3) is 0 Å². The number of aromatic nitrogens is 1. The highest BCUT2D eigenvalue weighted by molar-refractivity contribution is 5.75. The molecule has 0 N–H and O–H groups in total. The third kappa shape index (κ3) is 4.43. The van der Waals surface area contributed by atoms with Gasteiger partial charge in [-0.05, 0) is 24.1 Å². The number of unbranched alkanes of at least 4 members (excludes halogenated alkanes) is 2. The average molecular weight is 220 g/mol. The molecule has 0 saturated heterocycles. The first-order chi connectivity index (χ1) is 7.74. The van der Waals surface area contributed by atoms with Gasteiger partial charge in [0.05, 0.1) is 0 Å². The summed E-state index contributed by atoms with van der Waals surface area (Å²) in [4.78, 5) is 17.5. The number of rotatable bonds is 6. The van der Waals surface area contributed by atoms with E-state index < -0.39 is 0 Å². The Balaban J connectivity index is 2.34. The maximum absolute atomic E-state index is 11.7. The van der Waals surface area contributed by atoms with Gasteiger partial charge in [-0.3, -0.25) is 9.78 Å². The van der Waals surface area contributed by atoms with Crippen LogP contribution in [0.4, 0.5) is 0 Å². The van der Waals surface area contributed by atoms with Crippen LogP contribution in [0.3, 0.4) is 0 Å². The van der Waals surface area contributed by atoms with Gasteiger partial charge in [0, 0.05) is 32.4 Å². The minimum atomic E-state index is 0.227. The van der Waals surface area contributed by atoms with Crippen molar-refractivity contribution in [1.29, 1.82) is 0 Å². The highest BCUT2D eigenvalue weighted by atomic mass is 16.2. The number of nitrogens with zero attached hydrogens (tertiary/aromatic N) is 2. The number of hydrogen-bond acceptors (Lipinski definition) is 2. The first-order valence-electron chi connectivity index (χ1n) is 5.87. The maximum Gasteiger partial charge on any atom is 0.222 e. The van der Waals surface area contributed by atoms with Gasteiger partial charge in [-0.15, -0.1) is 0 Å². The molecule has 3 nitrogen and oxygen atoms in total. The van der Waals surface area contributed by atoms with Crippen LogP contribution in [0, 0.1) is 0 Å². The Kier molecular flexibility index (Phi) is 5.54. The Hall–Kier alpha value is -1.38. The quantitative estimate of drug-likeness (QED) is 0.690. The van der Waals surface area contributed by atoms with E-state index >= 15 is 0 Å². The summed E-state index contributed by atoms with van der Waals surface area (Å²) >= 11 is 0. The standard InChI is InChI=1S/C13H20N2O/c1-3-4-5-6-13(16)15(2)11-12-7-9-14-10-8-12/h7-10H,3-6,11H2,1-2H3. The molecule has 0 unspecified atom stereocenters. The molecule has 16 heavy (non-hydrogen) atoms. The zero-order valence-electron chi connectivity index (χ0n) is 10.1. The van der Waals surface area contributed by atoms with Gasteiger partial charge in [0.15, 0.2) is 0 Å². The fourth-order valence-electron chi connectivity index (χ4n) is 1.57. The smallest absolute Gasteiger partial charge is 0.222 e. The Bertz CT molecular complexity index is 311. The Morgan fingerprint density at radius 3 is 2.62 bits per heavy atom. The first-order valence-corrected chi connectivity index (χ1v) is 5.87. The van der Waals surface area contributed by atoms with Crippen molar-refractivity contribution in [2.24, 2.45) is 0 Å². The second-order valence-corrected chi connectivity index (χ2v) is 4.06. The van der Waals surface area contributed by atoms with Crippen molar-refractivity contribution in [3.63, 3.8) is 0 Å². The van der Waals surface area contributed by atoms with E-state index in [4.69, 9.17) is 0 Å². The predicted octanol–water partition coefficient (Wildman–Crippen LogP) is 2.62. The SMILES string of the molecule is CCCCCC(=O)N(C)Cc1ccncc1. The topological polar surface area (TPSA) is 33.2 Å². The number of carbonyl (C=O) groups is 1. The second kappa shape index (κ2) is 6.99. The Morgan fingerprint density at radius 2 is 2.00 bits per heavy atom. The largest absolute Gasteiger partial charge is 0.341 e. The molecule has 1 amide bonds. The third-order valence-corrected chi connectivity index (χ3v) is 2.59. The van der Waals surface area contributed by atoms with Crippen LogP contribution in [0.2, 0.25) is 0 Å². The van der Waals surface area contributed by atoms with Crippen molar-refractivity contribution >= 4 is 5.91 Å². The molecule has 1 heterocycles. The molecule has 0 radical (unpaired) electrons. The van der Waals surface area contributed by atoms with E-state index in [-0.39, 0.29) is 5.91 Å². The monoisotopic (exact) mass is 220 g/mol. The zero-order valence-corrected chi connectivity index (χ0v) is 10.1. The van der Waals surface area contributed by atoms with Crippen LogP contribution in [0.1, 0.15) is 38.2 Å². The molecule has 0 fully saturated rings. The van der Waals surface area contributed by atoms with Crippen molar-refractivity contribution in [3.05, 3.63) is 30.1 Å². The summed E-state index contributed by atoms with van der Waals surface area (Å²) in [5.74, 6) is 0.227. The fraction of sp³-hybridized carbons (Fsp3) is 0.538. The normalized spacial score (nSPS) is 10.1. The minimum absolute atomic E-state index is 0.227. The first kappa shape index (κ1) is 12.7. The van der Waals surface area contributed by atoms with Gasteiger partial charge >= 0.3 is 0 Å². The van der Waals surface area contributed by atoms with Crippen LogP contribution < -0.4 is 0 Å². The number of pyridine rings is 1. The number of amides is 1. The molecule has 0 spiro atoms. The van der Waals surface area contributed by atoms with Gasteiger partial charge in [0.2, 0.25) is 5.91 Å². The van der Waals surface area contributed by atoms with Crippen molar-refractivity contribution in [3.8, 4) is 0 Å². The summed E-state index contributed by atoms with van der Waals surface area (Å²) in [6.45, 7) is 2.82. The number of carbonyl (C=O) groups excluding carboxylic acids is 1. The van der Waals surface area contributed by atoms with Crippen LogP contribution >= 0.6 is 0 Å². The molecule has 0 aliphatic carbocycles. The zero-order chi connectivity index (χ0) is 11.8. The van der Waals surface area contributed by atoms with Gasteiger partial charge in [0.1, 0.15) is 0 Å². The summed E-state index contributed by atoms with van der Waals surface area (Å²) in [5, 5.41) is 0. The molecule has 0 aromatic carbocycles. The molecule has 1 aromatic heterocycles. The highest BCUT2D eigenvalue weighted by Crippen LogP contribution is 2.06. The average Bonchev–Trinajstić information content (AvgIpc) is 2.30. The molecule has 1 aromatic rings. The van der Waals surface area contributed by atoms with E-state index in [0.29, 0.717) is 13.0 Å². The van der Waals surface area contributed by atoms with E-state index in [0.717, 1.165) is 24.8 Å². The molecule has 0 aliphatic rings. The van der Waals surface area contributed by atoms with Crippen LogP contribution in [-0.4, -0.2) is 22.8 Å². The molecule has 0 bridgehead atoms. The minimum Gasteiger partial charge on any atom is -0.341 e. The van der Waals surface area contributed by atoms with Gasteiger partial charge in [0.25, 0.3) is 0 Å². The summed E-state index contributed by atoms with van der Waals surface area (Å²) in [6, 6.07) is 3.88. The Labute approximate surface area is 97.5 Å². The lowest BCUT2D eigenvalue weighted by atomic mass is 10.2. The number of hydrogen-bond donors (Lipinski definition) is 0. The molecular weight excluding hydrogens is 200 g/mol. The lowest BCUT2D eigenvalue weighted by molar-refractivity contribution is -0.130. The van der Waals surface area contributed by atoms with Gasteiger partial charge in [-0.2, -0.15) is 0 Å². The molecule has 3 heteroatoms. The predicted molar refractivity (Wildman–Crippen MR) is 64.9 cm³/mol. The second-order valence-electron chi connectivity index (χ2n) is 4.06. The maximum atomic E-state index is 11.7. The lowest BCUT2D eigenvalue weighted by Crippen LogP contribution is -2.25. The summed E-state index contributed by atoms with van der Waals surface area (Å²) in [5.41, 5.74) is 1.13. The lowest BCUT2D eigenvalue weighted by Gasteiger charge is -2.17. The molecular formula is C13H20N2O. The Morgan fingerprint density at radius 1 is 1.31 bits per heavy atom. The van der Waals surface area contributed by atoms with Crippen molar-refractivity contribution in [1.82, 2.24) is 9.88 Å². The molecule has 0 saturated carbocycles. The van der Waals surface area contributed by atoms with Crippen LogP contribution in [0.5, 0.6) is 0 Å². The molecule has 0 atom stereocenters. The van der Waals surface area contributed by atoms with E-state index in [1.165, 1.54) is 0 Å². The fourth-order valence-corrected chi connectivity index (χ4v) is 1.57. The van der Waals surface area contributed by atoms with Crippen molar-refractivity contribution < 1.29 is 4.79 Å². The van der Waals surface area contributed by atoms with Gasteiger partial charge in [-0.25, -0.2) is 0 Å². The van der Waals surface area contributed by atoms with Crippen molar-refractivity contribution in [2.45, 2.75) is 39.2 Å². The van der Waals surface area contributed by atoms with E-state index in [1.54, 1.807) is 17.3 Å². The van der Waals surface area contributed by atoms with Crippen molar-refractivity contribution in [2.75, 3.05) is 7.05 Å². The van der Waals surface area contributed by atoms with Gasteiger partial charge < -0.3 is 4.90 Å². The van der Waals surface area contributed by atoms with Gasteiger partial charge in [-0.1, -0.05) is 19.8 Å². The third-order valence-electron chi connectivity index (χ3n) is 2.59.